The van der Waals surface area contributed by atoms with Crippen LogP contribution in [0.3, 0.4) is 0 Å². The van der Waals surface area contributed by atoms with Crippen LogP contribution in [-0.2, 0) is 15.6 Å². The Bertz CT molecular complexity index is 1120. The quantitative estimate of drug-likeness (QED) is 0.596. The van der Waals surface area contributed by atoms with Crippen LogP contribution in [0.5, 0.6) is 5.75 Å². The van der Waals surface area contributed by atoms with E-state index in [0.29, 0.717) is 5.56 Å². The number of aryl methyl sites for hydroxylation is 2. The Morgan fingerprint density at radius 2 is 1.50 bits per heavy atom. The molecule has 3 rings (SSSR count). The average Bonchev–Trinajstić information content (AvgIpc) is 2.75. The molecule has 0 saturated carbocycles. The maximum atomic E-state index is 12.9. The van der Waals surface area contributed by atoms with Crippen molar-refractivity contribution in [3.8, 4) is 16.9 Å². The minimum atomic E-state index is -3.87. The molecule has 0 spiro atoms. The molecule has 0 heterocycles. The van der Waals surface area contributed by atoms with Crippen molar-refractivity contribution in [1.29, 1.82) is 0 Å². The van der Waals surface area contributed by atoms with Crippen LogP contribution in [0.1, 0.15) is 23.6 Å². The van der Waals surface area contributed by atoms with Gasteiger partial charge in [0.2, 0.25) is 10.0 Å². The summed E-state index contributed by atoms with van der Waals surface area (Å²) in [7, 11) is -2.43. The molecule has 0 aliphatic heterocycles. The smallest absolute Gasteiger partial charge is 0.244 e. The number of ether oxygens (including phenoxy) is 1. The Morgan fingerprint density at radius 3 is 2.10 bits per heavy atom. The van der Waals surface area contributed by atoms with Crippen molar-refractivity contribution in [1.82, 2.24) is 4.72 Å². The number of hydrogen-bond donors (Lipinski definition) is 2. The van der Waals surface area contributed by atoms with Gasteiger partial charge in [0.25, 0.3) is 0 Å². The minimum absolute atomic E-state index is 0.0586. The number of rotatable bonds is 7. The van der Waals surface area contributed by atoms with E-state index in [1.807, 2.05) is 68.4 Å². The summed E-state index contributed by atoms with van der Waals surface area (Å²) in [6.07, 6.45) is 0. The zero-order valence-corrected chi connectivity index (χ0v) is 18.5. The summed E-state index contributed by atoms with van der Waals surface area (Å²) in [5, 5.41) is 10.9. The lowest BCUT2D eigenvalue weighted by Gasteiger charge is -2.25. The third-order valence-corrected chi connectivity index (χ3v) is 6.71. The minimum Gasteiger partial charge on any atom is -0.495 e. The summed E-state index contributed by atoms with van der Waals surface area (Å²) in [5.41, 5.74) is 3.13. The van der Waals surface area contributed by atoms with E-state index in [2.05, 4.69) is 4.72 Å². The van der Waals surface area contributed by atoms with Crippen LogP contribution in [-0.4, -0.2) is 27.2 Å². The summed E-state index contributed by atoms with van der Waals surface area (Å²) >= 11 is 0. The van der Waals surface area contributed by atoms with Crippen molar-refractivity contribution >= 4 is 10.0 Å². The fourth-order valence-electron chi connectivity index (χ4n) is 3.20. The lowest BCUT2D eigenvalue weighted by atomic mass is 9.94. The Hall–Kier alpha value is -2.67. The van der Waals surface area contributed by atoms with Gasteiger partial charge in [0.15, 0.2) is 0 Å². The molecule has 5 nitrogen and oxygen atoms in total. The van der Waals surface area contributed by atoms with Crippen LogP contribution in [0.25, 0.3) is 11.1 Å². The van der Waals surface area contributed by atoms with Crippen LogP contribution >= 0.6 is 0 Å². The number of hydrogen-bond acceptors (Lipinski definition) is 4. The van der Waals surface area contributed by atoms with Crippen LogP contribution < -0.4 is 9.46 Å². The van der Waals surface area contributed by atoms with Gasteiger partial charge in [-0.25, -0.2) is 13.1 Å². The summed E-state index contributed by atoms with van der Waals surface area (Å²) in [5.74, 6) is 0.275. The van der Waals surface area contributed by atoms with E-state index in [9.17, 15) is 13.5 Å². The molecule has 0 aliphatic carbocycles. The molecular weight excluding hydrogens is 398 g/mol. The van der Waals surface area contributed by atoms with Crippen LogP contribution in [0, 0.1) is 13.8 Å². The van der Waals surface area contributed by atoms with E-state index in [1.165, 1.54) is 7.11 Å². The van der Waals surface area contributed by atoms with E-state index in [1.54, 1.807) is 19.1 Å². The van der Waals surface area contributed by atoms with Crippen molar-refractivity contribution in [3.63, 3.8) is 0 Å². The predicted molar refractivity (Wildman–Crippen MR) is 119 cm³/mol. The molecule has 158 valence electrons. The van der Waals surface area contributed by atoms with Gasteiger partial charge < -0.3 is 9.84 Å². The Labute approximate surface area is 178 Å². The first kappa shape index (κ1) is 22.0. The van der Waals surface area contributed by atoms with Gasteiger partial charge >= 0.3 is 0 Å². The second-order valence-electron chi connectivity index (χ2n) is 7.63. The molecule has 0 radical (unpaired) electrons. The summed E-state index contributed by atoms with van der Waals surface area (Å²) < 4.78 is 33.6. The standard InChI is InChI=1S/C24H27NO4S/c1-17-14-22(29-4)23(15-18(17)2)30(27,28)25-16-24(3,26)21-12-10-20(11-13-21)19-8-6-5-7-9-19/h5-15,25-26H,16H2,1-4H3. The summed E-state index contributed by atoms with van der Waals surface area (Å²) in [6.45, 7) is 5.16. The third kappa shape index (κ3) is 4.73. The number of methoxy groups -OCH3 is 1. The van der Waals surface area contributed by atoms with Crippen LogP contribution in [0.4, 0.5) is 0 Å². The lowest BCUT2D eigenvalue weighted by Crippen LogP contribution is -2.38. The maximum Gasteiger partial charge on any atom is 0.244 e. The lowest BCUT2D eigenvalue weighted by molar-refractivity contribution is 0.0627. The molecule has 0 saturated heterocycles. The predicted octanol–water partition coefficient (Wildman–Crippen LogP) is 4.17. The highest BCUT2D eigenvalue weighted by Crippen LogP contribution is 2.29. The molecule has 0 aromatic heterocycles. The number of sulfonamides is 1. The molecule has 2 N–H and O–H groups in total. The Balaban J connectivity index is 1.80. The van der Waals surface area contributed by atoms with E-state index >= 15 is 0 Å². The van der Waals surface area contributed by atoms with Crippen molar-refractivity contribution in [2.24, 2.45) is 0 Å². The molecule has 0 bridgehead atoms. The molecule has 1 atom stereocenters. The normalized spacial score (nSPS) is 13.6. The second-order valence-corrected chi connectivity index (χ2v) is 9.36. The SMILES string of the molecule is COc1cc(C)c(C)cc1S(=O)(=O)NCC(C)(O)c1ccc(-c2ccccc2)cc1. The first-order valence-corrected chi connectivity index (χ1v) is 11.2. The topological polar surface area (TPSA) is 75.6 Å². The van der Waals surface area contributed by atoms with E-state index in [-0.39, 0.29) is 17.2 Å². The van der Waals surface area contributed by atoms with Gasteiger partial charge in [-0.2, -0.15) is 0 Å². The number of nitrogens with one attached hydrogen (secondary N) is 1. The molecule has 3 aromatic carbocycles. The van der Waals surface area contributed by atoms with Gasteiger partial charge in [0.1, 0.15) is 16.2 Å². The fraction of sp³-hybridized carbons (Fsp3) is 0.250. The maximum absolute atomic E-state index is 12.9. The van der Waals surface area contributed by atoms with Gasteiger partial charge in [0, 0.05) is 6.54 Å². The largest absolute Gasteiger partial charge is 0.495 e. The average molecular weight is 426 g/mol. The molecule has 6 heteroatoms. The molecule has 0 aliphatic rings. The zero-order chi connectivity index (χ0) is 21.9. The van der Waals surface area contributed by atoms with Crippen molar-refractivity contribution in [2.45, 2.75) is 31.3 Å². The molecular formula is C24H27NO4S. The highest BCUT2D eigenvalue weighted by Gasteiger charge is 2.28. The Kier molecular flexibility index (Phi) is 6.31. The monoisotopic (exact) mass is 425 g/mol. The Morgan fingerprint density at radius 1 is 0.933 bits per heavy atom. The van der Waals surface area contributed by atoms with E-state index in [4.69, 9.17) is 4.74 Å². The molecule has 30 heavy (non-hydrogen) atoms. The number of benzene rings is 3. The summed E-state index contributed by atoms with van der Waals surface area (Å²) in [4.78, 5) is 0.0586. The highest BCUT2D eigenvalue weighted by atomic mass is 32.2. The van der Waals surface area contributed by atoms with Crippen molar-refractivity contribution in [3.05, 3.63) is 83.4 Å². The zero-order valence-electron chi connectivity index (χ0n) is 17.6. The van der Waals surface area contributed by atoms with E-state index < -0.39 is 15.6 Å². The first-order chi connectivity index (χ1) is 14.1. The van der Waals surface area contributed by atoms with Gasteiger partial charge in [-0.1, -0.05) is 54.6 Å². The molecule has 1 unspecified atom stereocenters. The third-order valence-electron chi connectivity index (χ3n) is 5.29. The second kappa shape index (κ2) is 8.60. The first-order valence-electron chi connectivity index (χ1n) is 9.67. The van der Waals surface area contributed by atoms with Crippen molar-refractivity contribution in [2.75, 3.05) is 13.7 Å². The van der Waals surface area contributed by atoms with Gasteiger partial charge in [-0.3, -0.25) is 0 Å². The molecule has 0 fully saturated rings. The van der Waals surface area contributed by atoms with Crippen molar-refractivity contribution < 1.29 is 18.3 Å². The van der Waals surface area contributed by atoms with Gasteiger partial charge in [-0.05, 0) is 60.7 Å². The molecule has 0 amide bonds. The van der Waals surface area contributed by atoms with Crippen LogP contribution in [0.15, 0.2) is 71.6 Å². The number of aliphatic hydroxyl groups is 1. The van der Waals surface area contributed by atoms with Crippen LogP contribution in [0.2, 0.25) is 0 Å². The van der Waals surface area contributed by atoms with Gasteiger partial charge in [-0.15, -0.1) is 0 Å². The fourth-order valence-corrected chi connectivity index (χ4v) is 4.57. The van der Waals surface area contributed by atoms with Gasteiger partial charge in [0.05, 0.1) is 7.11 Å². The van der Waals surface area contributed by atoms with E-state index in [0.717, 1.165) is 22.3 Å². The molecule has 3 aromatic rings. The highest BCUT2D eigenvalue weighted by molar-refractivity contribution is 7.89. The summed E-state index contributed by atoms with van der Waals surface area (Å²) in [6, 6.07) is 20.7.